The molecule has 1 amide bonds. The molecule has 0 saturated carbocycles. The number of aromatic carboxylic acids is 1. The number of carbonyl (C=O) groups is 2. The summed E-state index contributed by atoms with van der Waals surface area (Å²) in [4.78, 5) is 23.2. The highest BCUT2D eigenvalue weighted by Crippen LogP contribution is 2.35. The Bertz CT molecular complexity index is 556. The molecule has 1 aromatic rings. The summed E-state index contributed by atoms with van der Waals surface area (Å²) in [5.41, 5.74) is 3.06. The predicted molar refractivity (Wildman–Crippen MR) is 70.1 cm³/mol. The number of alkyl halides is 3. The number of amides is 1. The number of anilines is 1. The van der Waals surface area contributed by atoms with Crippen LogP contribution in [-0.2, 0) is 11.0 Å². The van der Waals surface area contributed by atoms with Crippen LogP contribution in [0, 0.1) is 0 Å². The summed E-state index contributed by atoms with van der Waals surface area (Å²) in [6.45, 7) is 3.10. The number of halogens is 3. The number of benzene rings is 1. The maximum atomic E-state index is 12.9. The minimum absolute atomic E-state index is 0.0844. The fourth-order valence-corrected chi connectivity index (χ4v) is 1.87. The summed E-state index contributed by atoms with van der Waals surface area (Å²) in [7, 11) is 0. The molecule has 0 aliphatic rings. The fourth-order valence-electron chi connectivity index (χ4n) is 1.87. The van der Waals surface area contributed by atoms with E-state index in [1.165, 1.54) is 11.0 Å². The normalized spacial score (nSPS) is 11.5. The third kappa shape index (κ3) is 4.11. The minimum Gasteiger partial charge on any atom is -0.478 e. The quantitative estimate of drug-likeness (QED) is 0.872. The van der Waals surface area contributed by atoms with Crippen molar-refractivity contribution in [2.24, 2.45) is 5.73 Å². The van der Waals surface area contributed by atoms with Crippen LogP contribution < -0.4 is 10.6 Å². The number of hydrogen-bond acceptors (Lipinski definition) is 3. The molecule has 0 aromatic heterocycles. The van der Waals surface area contributed by atoms with Gasteiger partial charge in [-0.05, 0) is 32.0 Å². The monoisotopic (exact) mass is 304 g/mol. The molecule has 21 heavy (non-hydrogen) atoms. The molecule has 0 aliphatic carbocycles. The van der Waals surface area contributed by atoms with Crippen LogP contribution in [0.2, 0.25) is 0 Å². The molecule has 0 radical (unpaired) electrons. The van der Waals surface area contributed by atoms with E-state index in [1.54, 1.807) is 13.8 Å². The zero-order valence-corrected chi connectivity index (χ0v) is 11.4. The van der Waals surface area contributed by atoms with Crippen LogP contribution in [0.5, 0.6) is 0 Å². The van der Waals surface area contributed by atoms with Gasteiger partial charge >= 0.3 is 12.1 Å². The van der Waals surface area contributed by atoms with Gasteiger partial charge in [0.2, 0.25) is 5.91 Å². The average molecular weight is 304 g/mol. The van der Waals surface area contributed by atoms with Gasteiger partial charge in [0, 0.05) is 11.7 Å². The Kier molecular flexibility index (Phi) is 4.82. The van der Waals surface area contributed by atoms with Gasteiger partial charge < -0.3 is 15.7 Å². The maximum absolute atomic E-state index is 12.9. The first-order chi connectivity index (χ1) is 9.54. The van der Waals surface area contributed by atoms with Crippen molar-refractivity contribution in [2.75, 3.05) is 11.4 Å². The number of nitrogens with two attached hydrogens (primary N) is 1. The van der Waals surface area contributed by atoms with E-state index < -0.39 is 29.2 Å². The number of nitrogens with zero attached hydrogens (tertiary/aromatic N) is 1. The summed E-state index contributed by atoms with van der Waals surface area (Å²) in [5.74, 6) is -2.36. The molecule has 0 aliphatic heterocycles. The maximum Gasteiger partial charge on any atom is 0.417 e. The second-order valence-electron chi connectivity index (χ2n) is 4.72. The van der Waals surface area contributed by atoms with Crippen molar-refractivity contribution in [1.82, 2.24) is 0 Å². The summed E-state index contributed by atoms with van der Waals surface area (Å²) >= 11 is 0. The van der Waals surface area contributed by atoms with Crippen LogP contribution in [0.25, 0.3) is 0 Å². The highest BCUT2D eigenvalue weighted by atomic mass is 19.4. The van der Waals surface area contributed by atoms with Crippen molar-refractivity contribution in [3.63, 3.8) is 0 Å². The van der Waals surface area contributed by atoms with Crippen LogP contribution in [0.4, 0.5) is 18.9 Å². The largest absolute Gasteiger partial charge is 0.478 e. The van der Waals surface area contributed by atoms with E-state index in [1.807, 2.05) is 0 Å². The van der Waals surface area contributed by atoms with Crippen molar-refractivity contribution in [1.29, 1.82) is 0 Å². The fraction of sp³-hybridized carbons (Fsp3) is 0.385. The minimum atomic E-state index is -4.81. The molecule has 8 heteroatoms. The highest BCUT2D eigenvalue weighted by molar-refractivity contribution is 5.90. The van der Waals surface area contributed by atoms with Gasteiger partial charge in [0.25, 0.3) is 0 Å². The number of rotatable bonds is 5. The van der Waals surface area contributed by atoms with E-state index >= 15 is 0 Å². The van der Waals surface area contributed by atoms with Crippen LogP contribution >= 0.6 is 0 Å². The van der Waals surface area contributed by atoms with Crippen molar-refractivity contribution >= 4 is 17.6 Å². The summed E-state index contributed by atoms with van der Waals surface area (Å²) in [6.07, 6.45) is -4.81. The van der Waals surface area contributed by atoms with Crippen LogP contribution in [-0.4, -0.2) is 29.6 Å². The number of carbonyl (C=O) groups excluding carboxylic acids is 1. The van der Waals surface area contributed by atoms with Gasteiger partial charge in [0.1, 0.15) is 0 Å². The molecule has 1 rings (SSSR count). The zero-order valence-electron chi connectivity index (χ0n) is 11.4. The second kappa shape index (κ2) is 6.02. The van der Waals surface area contributed by atoms with Crippen molar-refractivity contribution < 1.29 is 27.9 Å². The number of carboxylic acids is 1. The zero-order chi connectivity index (χ0) is 16.4. The van der Waals surface area contributed by atoms with Gasteiger partial charge in [-0.3, -0.25) is 4.79 Å². The molecule has 3 N–H and O–H groups in total. The lowest BCUT2D eigenvalue weighted by Gasteiger charge is -2.28. The Labute approximate surface area is 119 Å². The number of hydrogen-bond donors (Lipinski definition) is 2. The first-order valence-corrected chi connectivity index (χ1v) is 6.03. The molecule has 116 valence electrons. The van der Waals surface area contributed by atoms with Gasteiger partial charge in [-0.1, -0.05) is 0 Å². The second-order valence-corrected chi connectivity index (χ2v) is 4.72. The van der Waals surface area contributed by atoms with E-state index in [0.717, 1.165) is 6.07 Å². The standard InChI is InChI=1S/C13H15F3N2O3/c1-7(2)18(6-11(17)19)8-3-4-9(12(20)21)10(5-8)13(14,15)16/h3-5,7H,6H2,1-2H3,(H2,17,19)(H,20,21). The van der Waals surface area contributed by atoms with Gasteiger partial charge in [0.05, 0.1) is 17.7 Å². The summed E-state index contributed by atoms with van der Waals surface area (Å²) in [5, 5.41) is 8.83. The van der Waals surface area contributed by atoms with Crippen LogP contribution in [0.15, 0.2) is 18.2 Å². The average Bonchev–Trinajstić information content (AvgIpc) is 2.33. The summed E-state index contributed by atoms with van der Waals surface area (Å²) < 4.78 is 38.8. The third-order valence-corrected chi connectivity index (χ3v) is 2.82. The van der Waals surface area contributed by atoms with Crippen molar-refractivity contribution in [3.05, 3.63) is 29.3 Å². The van der Waals surface area contributed by atoms with E-state index in [2.05, 4.69) is 0 Å². The van der Waals surface area contributed by atoms with E-state index in [0.29, 0.717) is 6.07 Å². The molecule has 0 atom stereocenters. The van der Waals surface area contributed by atoms with Gasteiger partial charge in [-0.2, -0.15) is 13.2 Å². The first-order valence-electron chi connectivity index (χ1n) is 6.03. The lowest BCUT2D eigenvalue weighted by atomic mass is 10.0. The molecule has 0 spiro atoms. The lowest BCUT2D eigenvalue weighted by molar-refractivity contribution is -0.138. The van der Waals surface area contributed by atoms with Crippen LogP contribution in [0.1, 0.15) is 29.8 Å². The van der Waals surface area contributed by atoms with Gasteiger partial charge in [0.15, 0.2) is 0 Å². The SMILES string of the molecule is CC(C)N(CC(N)=O)c1ccc(C(=O)O)c(C(F)(F)F)c1. The Balaban J connectivity index is 3.38. The molecule has 0 bridgehead atoms. The van der Waals surface area contributed by atoms with E-state index in [4.69, 9.17) is 10.8 Å². The predicted octanol–water partition coefficient (Wildman–Crippen LogP) is 2.10. The smallest absolute Gasteiger partial charge is 0.417 e. The Morgan fingerprint density at radius 1 is 1.33 bits per heavy atom. The molecule has 0 heterocycles. The van der Waals surface area contributed by atoms with E-state index in [9.17, 15) is 22.8 Å². The summed E-state index contributed by atoms with van der Waals surface area (Å²) in [6, 6.07) is 2.53. The molecule has 0 fully saturated rings. The molecule has 5 nitrogen and oxygen atoms in total. The van der Waals surface area contributed by atoms with Crippen LogP contribution in [0.3, 0.4) is 0 Å². The van der Waals surface area contributed by atoms with Gasteiger partial charge in [-0.15, -0.1) is 0 Å². The van der Waals surface area contributed by atoms with Gasteiger partial charge in [-0.25, -0.2) is 4.79 Å². The topological polar surface area (TPSA) is 83.6 Å². The van der Waals surface area contributed by atoms with E-state index in [-0.39, 0.29) is 18.3 Å². The van der Waals surface area contributed by atoms with Crippen molar-refractivity contribution in [2.45, 2.75) is 26.1 Å². The Morgan fingerprint density at radius 2 is 1.90 bits per heavy atom. The molecule has 1 aromatic carbocycles. The molecule has 0 saturated heterocycles. The first kappa shape index (κ1) is 16.8. The Morgan fingerprint density at radius 3 is 2.29 bits per heavy atom. The Hall–Kier alpha value is -2.25. The highest BCUT2D eigenvalue weighted by Gasteiger charge is 2.36. The molecule has 0 unspecified atom stereocenters. The number of primary amides is 1. The molecular weight excluding hydrogens is 289 g/mol. The van der Waals surface area contributed by atoms with Crippen molar-refractivity contribution in [3.8, 4) is 0 Å². The third-order valence-electron chi connectivity index (χ3n) is 2.82. The molecular formula is C13H15F3N2O3. The number of carboxylic acid groups (broad SMARTS) is 1. The lowest BCUT2D eigenvalue weighted by Crippen LogP contribution is -2.38.